The van der Waals surface area contributed by atoms with Crippen molar-refractivity contribution in [2.45, 2.75) is 26.7 Å². The molecular weight excluding hydrogens is 289 g/mol. The van der Waals surface area contributed by atoms with Crippen LogP contribution in [-0.2, 0) is 0 Å². The number of nitrogens with one attached hydrogen (secondary N) is 1. The lowest BCUT2D eigenvalue weighted by Crippen LogP contribution is -2.37. The van der Waals surface area contributed by atoms with Crippen LogP contribution in [0.5, 0.6) is 0 Å². The lowest BCUT2D eigenvalue weighted by molar-refractivity contribution is 0.416. The molecule has 0 saturated heterocycles. The number of hydrogen-bond donors (Lipinski definition) is 1. The maximum atomic E-state index is 14.0. The summed E-state index contributed by atoms with van der Waals surface area (Å²) in [5.41, 5.74) is 1.29. The second-order valence-corrected chi connectivity index (χ2v) is 5.36. The molecule has 0 aromatic heterocycles. The van der Waals surface area contributed by atoms with Gasteiger partial charge in [0, 0.05) is 18.8 Å². The molecule has 2 aromatic carbocycles. The van der Waals surface area contributed by atoms with Crippen molar-refractivity contribution in [1.82, 2.24) is 4.90 Å². The zero-order valence-corrected chi connectivity index (χ0v) is 13.8. The van der Waals surface area contributed by atoms with Gasteiger partial charge in [-0.2, -0.15) is 0 Å². The highest BCUT2D eigenvalue weighted by atomic mass is 19.1. The van der Waals surface area contributed by atoms with Gasteiger partial charge in [-0.1, -0.05) is 44.2 Å². The molecule has 1 N–H and O–H groups in total. The monoisotopic (exact) mass is 313 g/mol. The molecule has 2 rings (SSSR count). The third kappa shape index (κ3) is 5.09. The van der Waals surface area contributed by atoms with E-state index in [1.807, 2.05) is 30.3 Å². The number of benzene rings is 2. The van der Waals surface area contributed by atoms with Gasteiger partial charge in [-0.05, 0) is 37.1 Å². The average Bonchev–Trinajstić information content (AvgIpc) is 2.57. The SMILES string of the molecule is CCCN(CCC)C(=Nc1ccccc1F)Nc1ccccc1. The summed E-state index contributed by atoms with van der Waals surface area (Å²) in [5.74, 6) is 0.373. The van der Waals surface area contributed by atoms with E-state index in [2.05, 4.69) is 29.1 Å². The Bertz CT molecular complexity index is 620. The summed E-state index contributed by atoms with van der Waals surface area (Å²) < 4.78 is 14.0. The number of nitrogens with zero attached hydrogens (tertiary/aromatic N) is 2. The van der Waals surface area contributed by atoms with Crippen molar-refractivity contribution in [3.63, 3.8) is 0 Å². The molecule has 2 aromatic rings. The summed E-state index contributed by atoms with van der Waals surface area (Å²) in [6, 6.07) is 16.5. The van der Waals surface area contributed by atoms with Gasteiger partial charge in [-0.3, -0.25) is 0 Å². The first-order valence-corrected chi connectivity index (χ1v) is 8.14. The Morgan fingerprint density at radius 3 is 2.17 bits per heavy atom. The van der Waals surface area contributed by atoms with E-state index >= 15 is 0 Å². The number of guanidine groups is 1. The maximum absolute atomic E-state index is 14.0. The van der Waals surface area contributed by atoms with Crippen LogP contribution in [0.1, 0.15) is 26.7 Å². The van der Waals surface area contributed by atoms with Crippen LogP contribution in [0.25, 0.3) is 0 Å². The van der Waals surface area contributed by atoms with Gasteiger partial charge >= 0.3 is 0 Å². The van der Waals surface area contributed by atoms with Crippen molar-refractivity contribution in [1.29, 1.82) is 0 Å². The zero-order valence-electron chi connectivity index (χ0n) is 13.8. The third-order valence-electron chi connectivity index (χ3n) is 3.40. The van der Waals surface area contributed by atoms with Crippen molar-refractivity contribution < 1.29 is 4.39 Å². The van der Waals surface area contributed by atoms with E-state index in [1.165, 1.54) is 6.07 Å². The topological polar surface area (TPSA) is 27.6 Å². The molecule has 3 nitrogen and oxygen atoms in total. The van der Waals surface area contributed by atoms with Crippen molar-refractivity contribution in [2.24, 2.45) is 4.99 Å². The number of rotatable bonds is 6. The molecule has 0 saturated carbocycles. The number of anilines is 1. The van der Waals surface area contributed by atoms with Crippen LogP contribution in [0.15, 0.2) is 59.6 Å². The molecule has 0 aliphatic rings. The summed E-state index contributed by atoms with van der Waals surface area (Å²) in [4.78, 5) is 6.71. The van der Waals surface area contributed by atoms with Gasteiger partial charge < -0.3 is 10.2 Å². The van der Waals surface area contributed by atoms with Gasteiger partial charge in [0.05, 0.1) is 0 Å². The Kier molecular flexibility index (Phi) is 6.60. The van der Waals surface area contributed by atoms with E-state index in [4.69, 9.17) is 0 Å². The Labute approximate surface area is 137 Å². The first kappa shape index (κ1) is 17.0. The molecule has 0 aliphatic carbocycles. The minimum absolute atomic E-state index is 0.312. The molecule has 4 heteroatoms. The van der Waals surface area contributed by atoms with Crippen molar-refractivity contribution in [3.8, 4) is 0 Å². The highest BCUT2D eigenvalue weighted by Crippen LogP contribution is 2.18. The number of halogens is 1. The first-order valence-electron chi connectivity index (χ1n) is 8.14. The van der Waals surface area contributed by atoms with E-state index < -0.39 is 0 Å². The standard InChI is InChI=1S/C19H24FN3/c1-3-14-23(15-4-2)19(21-16-10-6-5-7-11-16)22-18-13-9-8-12-17(18)20/h5-13H,3-4,14-15H2,1-2H3,(H,21,22). The van der Waals surface area contributed by atoms with Gasteiger partial charge in [-0.25, -0.2) is 9.38 Å². The number of aliphatic imine (C=N–C) groups is 1. The van der Waals surface area contributed by atoms with Crippen LogP contribution in [0.3, 0.4) is 0 Å². The van der Waals surface area contributed by atoms with Gasteiger partial charge in [0.1, 0.15) is 11.5 Å². The Balaban J connectivity index is 2.35. The van der Waals surface area contributed by atoms with E-state index in [1.54, 1.807) is 18.2 Å². The fourth-order valence-corrected chi connectivity index (χ4v) is 2.35. The highest BCUT2D eigenvalue weighted by Gasteiger charge is 2.11. The molecule has 0 atom stereocenters. The Morgan fingerprint density at radius 2 is 1.57 bits per heavy atom. The predicted molar refractivity (Wildman–Crippen MR) is 95.7 cm³/mol. The molecule has 0 amide bonds. The average molecular weight is 313 g/mol. The quantitative estimate of drug-likeness (QED) is 0.597. The normalized spacial score (nSPS) is 11.3. The lowest BCUT2D eigenvalue weighted by Gasteiger charge is -2.26. The van der Waals surface area contributed by atoms with Gasteiger partial charge in [0.25, 0.3) is 0 Å². The minimum Gasteiger partial charge on any atom is -0.342 e. The van der Waals surface area contributed by atoms with Gasteiger partial charge in [0.2, 0.25) is 5.96 Å². The van der Waals surface area contributed by atoms with E-state index in [0.717, 1.165) is 31.6 Å². The molecule has 122 valence electrons. The molecule has 23 heavy (non-hydrogen) atoms. The Hall–Kier alpha value is -2.36. The summed E-state index contributed by atoms with van der Waals surface area (Å²) >= 11 is 0. The molecule has 0 unspecified atom stereocenters. The maximum Gasteiger partial charge on any atom is 0.203 e. The number of para-hydroxylation sites is 2. The van der Waals surface area contributed by atoms with Gasteiger partial charge in [0.15, 0.2) is 0 Å². The van der Waals surface area contributed by atoms with E-state index in [0.29, 0.717) is 11.6 Å². The fourth-order valence-electron chi connectivity index (χ4n) is 2.35. The van der Waals surface area contributed by atoms with Crippen LogP contribution < -0.4 is 5.32 Å². The first-order chi connectivity index (χ1) is 11.2. The molecule has 0 spiro atoms. The van der Waals surface area contributed by atoms with E-state index in [-0.39, 0.29) is 5.82 Å². The second-order valence-electron chi connectivity index (χ2n) is 5.36. The molecule has 0 aliphatic heterocycles. The highest BCUT2D eigenvalue weighted by molar-refractivity contribution is 5.95. The molecular formula is C19H24FN3. The van der Waals surface area contributed by atoms with Crippen LogP contribution in [0, 0.1) is 5.82 Å². The Morgan fingerprint density at radius 1 is 0.957 bits per heavy atom. The van der Waals surface area contributed by atoms with Crippen molar-refractivity contribution in [3.05, 3.63) is 60.4 Å². The van der Waals surface area contributed by atoms with E-state index in [9.17, 15) is 4.39 Å². The second kappa shape index (κ2) is 8.93. The third-order valence-corrected chi connectivity index (χ3v) is 3.40. The van der Waals surface area contributed by atoms with Crippen LogP contribution in [0.2, 0.25) is 0 Å². The molecule has 0 fully saturated rings. The number of hydrogen-bond acceptors (Lipinski definition) is 1. The van der Waals surface area contributed by atoms with Crippen molar-refractivity contribution >= 4 is 17.3 Å². The minimum atomic E-state index is -0.312. The summed E-state index contributed by atoms with van der Waals surface area (Å²) in [5, 5.41) is 3.33. The van der Waals surface area contributed by atoms with Crippen LogP contribution in [0.4, 0.5) is 15.8 Å². The summed E-state index contributed by atoms with van der Waals surface area (Å²) in [6.45, 7) is 6.01. The molecule has 0 radical (unpaired) electrons. The molecule has 0 bridgehead atoms. The predicted octanol–water partition coefficient (Wildman–Crippen LogP) is 5.05. The molecule has 0 heterocycles. The zero-order chi connectivity index (χ0) is 16.5. The summed E-state index contributed by atoms with van der Waals surface area (Å²) in [6.07, 6.45) is 2.01. The van der Waals surface area contributed by atoms with Crippen molar-refractivity contribution in [2.75, 3.05) is 18.4 Å². The van der Waals surface area contributed by atoms with Gasteiger partial charge in [-0.15, -0.1) is 0 Å². The smallest absolute Gasteiger partial charge is 0.203 e. The van der Waals surface area contributed by atoms with Crippen LogP contribution in [-0.4, -0.2) is 23.9 Å². The fraction of sp³-hybridized carbons (Fsp3) is 0.316. The largest absolute Gasteiger partial charge is 0.342 e. The summed E-state index contributed by atoms with van der Waals surface area (Å²) in [7, 11) is 0. The van der Waals surface area contributed by atoms with Crippen LogP contribution >= 0.6 is 0 Å². The lowest BCUT2D eigenvalue weighted by atomic mass is 10.3.